The molecule has 1 aromatic heterocycles. The SMILES string of the molecule is C#Cn1c(=O)n(CC)c(=O)n(CC)c1=O. The van der Waals surface area contributed by atoms with Crippen LogP contribution < -0.4 is 17.1 Å². The molecule has 0 radical (unpaired) electrons. The van der Waals surface area contributed by atoms with Crippen molar-refractivity contribution in [2.24, 2.45) is 0 Å². The van der Waals surface area contributed by atoms with Crippen molar-refractivity contribution in [1.29, 1.82) is 0 Å². The topological polar surface area (TPSA) is 66.0 Å². The zero-order chi connectivity index (χ0) is 11.6. The first-order valence-corrected chi connectivity index (χ1v) is 4.51. The van der Waals surface area contributed by atoms with Gasteiger partial charge in [-0.05, 0) is 13.8 Å². The molecule has 0 atom stereocenters. The van der Waals surface area contributed by atoms with Crippen molar-refractivity contribution in [2.75, 3.05) is 0 Å². The summed E-state index contributed by atoms with van der Waals surface area (Å²) in [5, 5.41) is 0. The van der Waals surface area contributed by atoms with Crippen LogP contribution in [0.2, 0.25) is 0 Å². The maximum atomic E-state index is 11.6. The Morgan fingerprint density at radius 3 is 1.67 bits per heavy atom. The van der Waals surface area contributed by atoms with E-state index in [1.807, 2.05) is 6.04 Å². The minimum Gasteiger partial charge on any atom is -0.247 e. The fraction of sp³-hybridized carbons (Fsp3) is 0.444. The molecule has 0 amide bonds. The summed E-state index contributed by atoms with van der Waals surface area (Å²) in [5.41, 5.74) is -2.15. The van der Waals surface area contributed by atoms with E-state index in [0.717, 1.165) is 9.13 Å². The molecule has 0 aliphatic rings. The Morgan fingerprint density at radius 1 is 1.00 bits per heavy atom. The van der Waals surface area contributed by atoms with E-state index in [2.05, 4.69) is 0 Å². The van der Waals surface area contributed by atoms with Crippen LogP contribution in [0.25, 0.3) is 0 Å². The molecule has 0 fully saturated rings. The van der Waals surface area contributed by atoms with Crippen molar-refractivity contribution in [3.05, 3.63) is 31.5 Å². The van der Waals surface area contributed by atoms with E-state index in [4.69, 9.17) is 6.42 Å². The maximum Gasteiger partial charge on any atom is 0.348 e. The second-order valence-corrected chi connectivity index (χ2v) is 2.80. The van der Waals surface area contributed by atoms with Gasteiger partial charge in [-0.1, -0.05) is 6.42 Å². The lowest BCUT2D eigenvalue weighted by Crippen LogP contribution is -2.53. The molecule has 1 heterocycles. The molecule has 0 saturated heterocycles. The predicted octanol–water partition coefficient (Wildman–Crippen LogP) is -1.35. The molecular weight excluding hydrogens is 198 g/mol. The highest BCUT2D eigenvalue weighted by atomic mass is 16.2. The van der Waals surface area contributed by atoms with Gasteiger partial charge in [0.2, 0.25) is 0 Å². The Kier molecular flexibility index (Phi) is 2.95. The van der Waals surface area contributed by atoms with Gasteiger partial charge in [-0.2, -0.15) is 4.57 Å². The zero-order valence-electron chi connectivity index (χ0n) is 8.56. The largest absolute Gasteiger partial charge is 0.348 e. The fourth-order valence-corrected chi connectivity index (χ4v) is 1.28. The van der Waals surface area contributed by atoms with Gasteiger partial charge in [0.05, 0.1) is 0 Å². The molecule has 6 heteroatoms. The highest BCUT2D eigenvalue weighted by Crippen LogP contribution is 1.72. The summed E-state index contributed by atoms with van der Waals surface area (Å²) in [6, 6.07) is 1.95. The van der Waals surface area contributed by atoms with E-state index < -0.39 is 17.1 Å². The number of hydrogen-bond acceptors (Lipinski definition) is 3. The Morgan fingerprint density at radius 2 is 1.40 bits per heavy atom. The molecule has 80 valence electrons. The quantitative estimate of drug-likeness (QED) is 0.566. The summed E-state index contributed by atoms with van der Waals surface area (Å²) in [6.07, 6.45) is 5.03. The fourth-order valence-electron chi connectivity index (χ4n) is 1.28. The summed E-state index contributed by atoms with van der Waals surface area (Å²) < 4.78 is 2.43. The van der Waals surface area contributed by atoms with E-state index in [-0.39, 0.29) is 13.1 Å². The van der Waals surface area contributed by atoms with Crippen LogP contribution >= 0.6 is 0 Å². The number of terminal acetylenes is 1. The normalized spacial score (nSPS) is 9.93. The summed E-state index contributed by atoms with van der Waals surface area (Å²) in [6.45, 7) is 3.63. The van der Waals surface area contributed by atoms with Gasteiger partial charge in [-0.3, -0.25) is 0 Å². The lowest BCUT2D eigenvalue weighted by molar-refractivity contribution is 0.517. The van der Waals surface area contributed by atoms with Gasteiger partial charge < -0.3 is 0 Å². The predicted molar refractivity (Wildman–Crippen MR) is 54.8 cm³/mol. The minimum atomic E-state index is -0.764. The third-order valence-corrected chi connectivity index (χ3v) is 2.07. The Hall–Kier alpha value is -2.03. The van der Waals surface area contributed by atoms with E-state index in [1.165, 1.54) is 0 Å². The van der Waals surface area contributed by atoms with Gasteiger partial charge in [0, 0.05) is 19.1 Å². The van der Waals surface area contributed by atoms with E-state index in [1.54, 1.807) is 13.8 Å². The number of nitrogens with zero attached hydrogens (tertiary/aromatic N) is 3. The van der Waals surface area contributed by atoms with Crippen LogP contribution in [-0.4, -0.2) is 13.7 Å². The lowest BCUT2D eigenvalue weighted by Gasteiger charge is -2.06. The highest BCUT2D eigenvalue weighted by Gasteiger charge is 2.11. The number of hydrogen-bond donors (Lipinski definition) is 0. The van der Waals surface area contributed by atoms with Crippen LogP contribution in [0, 0.1) is 12.5 Å². The Labute approximate surface area is 85.4 Å². The van der Waals surface area contributed by atoms with E-state index in [0.29, 0.717) is 4.57 Å². The van der Waals surface area contributed by atoms with Crippen LogP contribution in [0.15, 0.2) is 14.4 Å². The molecule has 0 unspecified atom stereocenters. The molecule has 0 spiro atoms. The summed E-state index contributed by atoms with van der Waals surface area (Å²) >= 11 is 0. The van der Waals surface area contributed by atoms with Crippen molar-refractivity contribution in [1.82, 2.24) is 13.7 Å². The summed E-state index contributed by atoms with van der Waals surface area (Å²) in [7, 11) is 0. The molecule has 1 aromatic rings. The monoisotopic (exact) mass is 209 g/mol. The molecule has 0 aromatic carbocycles. The van der Waals surface area contributed by atoms with Crippen molar-refractivity contribution in [3.63, 3.8) is 0 Å². The first kappa shape index (κ1) is 11.0. The number of aromatic nitrogens is 3. The van der Waals surface area contributed by atoms with Crippen molar-refractivity contribution in [3.8, 4) is 12.5 Å². The average molecular weight is 209 g/mol. The molecule has 15 heavy (non-hydrogen) atoms. The second-order valence-electron chi connectivity index (χ2n) is 2.80. The smallest absolute Gasteiger partial charge is 0.247 e. The third-order valence-electron chi connectivity index (χ3n) is 2.07. The summed E-state index contributed by atoms with van der Waals surface area (Å²) in [4.78, 5) is 34.6. The molecule has 0 saturated carbocycles. The van der Waals surface area contributed by atoms with Crippen LogP contribution in [0.5, 0.6) is 0 Å². The van der Waals surface area contributed by atoms with Crippen molar-refractivity contribution < 1.29 is 0 Å². The lowest BCUT2D eigenvalue weighted by atomic mass is 10.6. The third kappa shape index (κ3) is 1.52. The maximum absolute atomic E-state index is 11.6. The minimum absolute atomic E-state index is 0.180. The van der Waals surface area contributed by atoms with Gasteiger partial charge >= 0.3 is 17.1 Å². The molecule has 0 N–H and O–H groups in total. The molecule has 0 aliphatic heterocycles. The van der Waals surface area contributed by atoms with Crippen molar-refractivity contribution in [2.45, 2.75) is 26.9 Å². The highest BCUT2D eigenvalue weighted by molar-refractivity contribution is 4.93. The van der Waals surface area contributed by atoms with Gasteiger partial charge in [0.25, 0.3) is 0 Å². The van der Waals surface area contributed by atoms with E-state index in [9.17, 15) is 14.4 Å². The average Bonchev–Trinajstić information content (AvgIpc) is 2.19. The Bertz CT molecular complexity index is 540. The van der Waals surface area contributed by atoms with Gasteiger partial charge in [-0.15, -0.1) is 0 Å². The molecule has 0 bridgehead atoms. The first-order valence-electron chi connectivity index (χ1n) is 4.51. The zero-order valence-corrected chi connectivity index (χ0v) is 8.56. The molecule has 1 rings (SSSR count). The van der Waals surface area contributed by atoms with Crippen LogP contribution in [-0.2, 0) is 13.1 Å². The second kappa shape index (κ2) is 4.00. The van der Waals surface area contributed by atoms with E-state index >= 15 is 0 Å². The van der Waals surface area contributed by atoms with Gasteiger partial charge in [-0.25, -0.2) is 23.5 Å². The van der Waals surface area contributed by atoms with Crippen LogP contribution in [0.3, 0.4) is 0 Å². The molecule has 0 aliphatic carbocycles. The Balaban J connectivity index is 3.93. The molecule has 6 nitrogen and oxygen atoms in total. The van der Waals surface area contributed by atoms with Crippen LogP contribution in [0.4, 0.5) is 0 Å². The molecular formula is C9H11N3O3. The summed E-state index contributed by atoms with van der Waals surface area (Å²) in [5.74, 6) is 0. The van der Waals surface area contributed by atoms with Gasteiger partial charge in [0.15, 0.2) is 0 Å². The van der Waals surface area contributed by atoms with Gasteiger partial charge in [0.1, 0.15) is 0 Å². The standard InChI is InChI=1S/C9H11N3O3/c1-4-10-7(13)11(5-2)9(15)12(6-3)8(10)14/h1H,5-6H2,2-3H3. The number of rotatable bonds is 2. The van der Waals surface area contributed by atoms with Crippen LogP contribution in [0.1, 0.15) is 13.8 Å². The van der Waals surface area contributed by atoms with Crippen molar-refractivity contribution >= 4 is 0 Å². The first-order chi connectivity index (χ1) is 7.08.